The number of ether oxygens (including phenoxy) is 1. The number of hydrogen-bond donors (Lipinski definition) is 1. The first-order valence-electron chi connectivity index (χ1n) is 13.0. The number of nitrogens with zero attached hydrogens (tertiary/aromatic N) is 3. The molecule has 0 saturated carbocycles. The predicted molar refractivity (Wildman–Crippen MR) is 146 cm³/mol. The topological polar surface area (TPSA) is 85.2 Å². The zero-order valence-electron chi connectivity index (χ0n) is 21.3. The highest BCUT2D eigenvalue weighted by Crippen LogP contribution is 2.32. The number of Topliss-reactive ketones (excluding diaryl/α,β-unsaturated/α-hetero) is 1. The van der Waals surface area contributed by atoms with Gasteiger partial charge in [-0.3, -0.25) is 4.79 Å². The molecule has 0 radical (unpaired) electrons. The molecule has 0 aliphatic carbocycles. The molecule has 0 amide bonds. The molecule has 4 rings (SSSR count). The predicted octanol–water partition coefficient (Wildman–Crippen LogP) is 7.28. The maximum Gasteiger partial charge on any atom is 0.167 e. The van der Waals surface area contributed by atoms with Crippen LogP contribution in [-0.2, 0) is 4.79 Å². The quantitative estimate of drug-likeness (QED) is 0.196. The van der Waals surface area contributed by atoms with E-state index < -0.39 is 0 Å². The molecule has 0 spiro atoms. The van der Waals surface area contributed by atoms with Crippen LogP contribution in [-0.4, -0.2) is 32.4 Å². The summed E-state index contributed by atoms with van der Waals surface area (Å²) in [7, 11) is 0. The molecule has 0 bridgehead atoms. The fourth-order valence-corrected chi connectivity index (χ4v) is 4.05. The van der Waals surface area contributed by atoms with E-state index in [0.29, 0.717) is 41.6 Å². The second kappa shape index (κ2) is 13.3. The number of phenolic OH excluding ortho intramolecular Hbond substituents is 1. The second-order valence-electron chi connectivity index (χ2n) is 9.02. The van der Waals surface area contributed by atoms with Crippen molar-refractivity contribution in [3.8, 4) is 45.7 Å². The van der Waals surface area contributed by atoms with Gasteiger partial charge in [-0.25, -0.2) is 15.0 Å². The van der Waals surface area contributed by atoms with Gasteiger partial charge in [-0.1, -0.05) is 93.3 Å². The van der Waals surface area contributed by atoms with Crippen LogP contribution < -0.4 is 4.74 Å². The third-order valence-electron chi connectivity index (χ3n) is 6.12. The molecule has 1 aromatic heterocycles. The monoisotopic (exact) mass is 495 g/mol. The van der Waals surface area contributed by atoms with E-state index in [1.54, 1.807) is 18.2 Å². The van der Waals surface area contributed by atoms with Gasteiger partial charge in [-0.05, 0) is 18.6 Å². The molecule has 0 unspecified atom stereocenters. The van der Waals surface area contributed by atoms with Crippen LogP contribution >= 0.6 is 0 Å². The Labute approximate surface area is 218 Å². The van der Waals surface area contributed by atoms with Crippen LogP contribution in [0.3, 0.4) is 0 Å². The fraction of sp³-hybridized carbons (Fsp3) is 0.290. The molecule has 1 N–H and O–H groups in total. The lowest BCUT2D eigenvalue weighted by atomic mass is 10.1. The number of rotatable bonds is 13. The first-order chi connectivity index (χ1) is 18.1. The zero-order chi connectivity index (χ0) is 25.9. The first-order valence-corrected chi connectivity index (χ1v) is 13.0. The van der Waals surface area contributed by atoms with E-state index in [1.807, 2.05) is 60.7 Å². The van der Waals surface area contributed by atoms with E-state index in [4.69, 9.17) is 4.74 Å². The Balaban J connectivity index is 1.47. The number of unbranched alkanes of at least 4 members (excludes halogenated alkanes) is 4. The largest absolute Gasteiger partial charge is 0.507 e. The van der Waals surface area contributed by atoms with E-state index in [-0.39, 0.29) is 18.1 Å². The van der Waals surface area contributed by atoms with Crippen molar-refractivity contribution in [1.82, 2.24) is 15.0 Å². The van der Waals surface area contributed by atoms with Gasteiger partial charge in [0.2, 0.25) is 0 Å². The minimum Gasteiger partial charge on any atom is -0.507 e. The number of phenols is 1. The molecule has 0 aliphatic heterocycles. The van der Waals surface area contributed by atoms with Gasteiger partial charge in [0.05, 0.1) is 12.2 Å². The van der Waals surface area contributed by atoms with Crippen molar-refractivity contribution in [3.63, 3.8) is 0 Å². The average Bonchev–Trinajstić information content (AvgIpc) is 2.94. The van der Waals surface area contributed by atoms with Crippen LogP contribution in [0.2, 0.25) is 0 Å². The van der Waals surface area contributed by atoms with Crippen LogP contribution in [0.1, 0.15) is 51.9 Å². The normalized spacial score (nSPS) is 10.8. The maximum atomic E-state index is 12.1. The maximum absolute atomic E-state index is 12.1. The van der Waals surface area contributed by atoms with E-state index in [9.17, 15) is 9.90 Å². The van der Waals surface area contributed by atoms with Gasteiger partial charge in [-0.15, -0.1) is 0 Å². The zero-order valence-corrected chi connectivity index (χ0v) is 21.3. The van der Waals surface area contributed by atoms with Gasteiger partial charge in [0.1, 0.15) is 17.3 Å². The molecular formula is C31H33N3O3. The highest BCUT2D eigenvalue weighted by Gasteiger charge is 2.15. The van der Waals surface area contributed by atoms with Crippen molar-refractivity contribution >= 4 is 5.78 Å². The van der Waals surface area contributed by atoms with Crippen LogP contribution in [0.25, 0.3) is 34.2 Å². The highest BCUT2D eigenvalue weighted by molar-refractivity contribution is 5.78. The Hall–Kier alpha value is -4.06. The van der Waals surface area contributed by atoms with Crippen molar-refractivity contribution in [2.45, 2.75) is 51.9 Å². The van der Waals surface area contributed by atoms with Crippen LogP contribution in [0.15, 0.2) is 78.9 Å². The first kappa shape index (κ1) is 26.0. The number of carbonyl (C=O) groups excluding carboxylic acids is 1. The lowest BCUT2D eigenvalue weighted by Gasteiger charge is -2.11. The second-order valence-corrected chi connectivity index (χ2v) is 9.02. The third kappa shape index (κ3) is 7.46. The Morgan fingerprint density at radius 1 is 0.730 bits per heavy atom. The summed E-state index contributed by atoms with van der Waals surface area (Å²) >= 11 is 0. The van der Waals surface area contributed by atoms with E-state index in [2.05, 4.69) is 21.9 Å². The molecule has 4 aromatic rings. The molecule has 0 fully saturated rings. The summed E-state index contributed by atoms with van der Waals surface area (Å²) in [6, 6.07) is 24.4. The van der Waals surface area contributed by atoms with Crippen molar-refractivity contribution in [3.05, 3.63) is 78.9 Å². The Kier molecular flexibility index (Phi) is 9.35. The van der Waals surface area contributed by atoms with Gasteiger partial charge in [0.15, 0.2) is 17.5 Å². The minimum atomic E-state index is 0.00368. The number of ketones is 1. The molecule has 37 heavy (non-hydrogen) atoms. The van der Waals surface area contributed by atoms with Crippen molar-refractivity contribution < 1.29 is 14.6 Å². The lowest BCUT2D eigenvalue weighted by molar-refractivity contribution is -0.119. The fourth-order valence-electron chi connectivity index (χ4n) is 4.05. The summed E-state index contributed by atoms with van der Waals surface area (Å²) in [5, 5.41) is 10.8. The van der Waals surface area contributed by atoms with Crippen LogP contribution in [0.4, 0.5) is 0 Å². The summed E-state index contributed by atoms with van der Waals surface area (Å²) in [5.41, 5.74) is 2.20. The molecule has 0 saturated heterocycles. The number of aromatic nitrogens is 3. The molecule has 0 atom stereocenters. The number of hydrogen-bond acceptors (Lipinski definition) is 6. The summed E-state index contributed by atoms with van der Waals surface area (Å²) in [4.78, 5) is 26.1. The van der Waals surface area contributed by atoms with Crippen LogP contribution in [0.5, 0.6) is 11.5 Å². The molecule has 0 aliphatic rings. The summed E-state index contributed by atoms with van der Waals surface area (Å²) in [6.07, 6.45) is 6.62. The summed E-state index contributed by atoms with van der Waals surface area (Å²) in [5.74, 6) is 2.13. The summed E-state index contributed by atoms with van der Waals surface area (Å²) in [6.45, 7) is 2.47. The third-order valence-corrected chi connectivity index (χ3v) is 6.12. The molecule has 6 heteroatoms. The Morgan fingerprint density at radius 3 is 1.92 bits per heavy atom. The SMILES string of the molecule is CCCCCCCC(=O)CCOc1ccc(-c2nc(-c3ccccc3)nc(-c3ccccc3)n2)c(O)c1. The van der Waals surface area contributed by atoms with Crippen molar-refractivity contribution in [1.29, 1.82) is 0 Å². The standard InChI is InChI=1S/C31H33N3O3/c1-2-3-4-5-12-17-25(35)20-21-37-26-18-19-27(28(36)22-26)31-33-29(23-13-8-6-9-14-23)32-30(34-31)24-15-10-7-11-16-24/h6-11,13-16,18-19,22,36H,2-5,12,17,20-21H2,1H3. The molecule has 6 nitrogen and oxygen atoms in total. The average molecular weight is 496 g/mol. The van der Waals surface area contributed by atoms with Gasteiger partial charge in [-0.2, -0.15) is 0 Å². The van der Waals surface area contributed by atoms with Crippen molar-refractivity contribution in [2.75, 3.05) is 6.61 Å². The molecule has 3 aromatic carbocycles. The van der Waals surface area contributed by atoms with Crippen LogP contribution in [0, 0.1) is 0 Å². The van der Waals surface area contributed by atoms with E-state index >= 15 is 0 Å². The van der Waals surface area contributed by atoms with Gasteiger partial charge >= 0.3 is 0 Å². The van der Waals surface area contributed by atoms with Gasteiger partial charge < -0.3 is 9.84 Å². The molecular weight excluding hydrogens is 462 g/mol. The van der Waals surface area contributed by atoms with Gasteiger partial charge in [0.25, 0.3) is 0 Å². The van der Waals surface area contributed by atoms with E-state index in [0.717, 1.165) is 24.0 Å². The van der Waals surface area contributed by atoms with Gasteiger partial charge in [0, 0.05) is 30.0 Å². The highest BCUT2D eigenvalue weighted by atomic mass is 16.5. The molecule has 1 heterocycles. The Bertz CT molecular complexity index is 1240. The van der Waals surface area contributed by atoms with E-state index in [1.165, 1.54) is 19.3 Å². The lowest BCUT2D eigenvalue weighted by Crippen LogP contribution is -2.06. The smallest absolute Gasteiger partial charge is 0.167 e. The number of aromatic hydroxyl groups is 1. The Morgan fingerprint density at radius 2 is 1.32 bits per heavy atom. The van der Waals surface area contributed by atoms with Crippen molar-refractivity contribution in [2.24, 2.45) is 0 Å². The minimum absolute atomic E-state index is 0.00368. The summed E-state index contributed by atoms with van der Waals surface area (Å²) < 4.78 is 5.75. The number of benzene rings is 3. The molecule has 190 valence electrons. The number of carbonyl (C=O) groups is 1.